The fraction of sp³-hybridized carbons (Fsp3) is 0. The van der Waals surface area contributed by atoms with Crippen molar-refractivity contribution < 1.29 is 25.9 Å². The molecule has 0 aliphatic carbocycles. The largest absolute Gasteiger partial charge is 2.00 e. The van der Waals surface area contributed by atoms with Gasteiger partial charge in [0.25, 0.3) is 0 Å². The number of rotatable bonds is 2. The minimum atomic E-state index is -4.31. The van der Waals surface area contributed by atoms with Crippen molar-refractivity contribution in [2.45, 2.75) is 9.79 Å². The molecule has 0 unspecified atom stereocenters. The summed E-state index contributed by atoms with van der Waals surface area (Å²) in [5.41, 5.74) is 0. The first-order chi connectivity index (χ1) is 10.00. The molecule has 0 amide bonds. The van der Waals surface area contributed by atoms with Crippen molar-refractivity contribution in [2.24, 2.45) is 0 Å². The summed E-state index contributed by atoms with van der Waals surface area (Å²) in [5, 5.41) is 0. The second kappa shape index (κ2) is 10.1. The minimum absolute atomic E-state index is 0. The molecule has 0 aliphatic heterocycles. The van der Waals surface area contributed by atoms with E-state index in [1.54, 1.807) is 12.1 Å². The van der Waals surface area contributed by atoms with Gasteiger partial charge in [-0.25, -0.2) is 16.8 Å². The Kier molecular flexibility index (Phi) is 10.4. The molecule has 0 atom stereocenters. The molecule has 0 radical (unpaired) electrons. The topological polar surface area (TPSA) is 114 Å². The van der Waals surface area contributed by atoms with E-state index in [1.165, 1.54) is 36.4 Å². The average Bonchev–Trinajstić information content (AvgIpc) is 2.37. The SMILES string of the molecule is O=S(=O)([O-])c1cccc(Br)c1.O=S(=O)([O-])c1cccc(Br)c1.[Ba+2]. The Morgan fingerprint density at radius 1 is 0.696 bits per heavy atom. The third kappa shape index (κ3) is 9.16. The molecule has 0 saturated heterocycles. The van der Waals surface area contributed by atoms with Gasteiger partial charge in [0, 0.05) is 8.95 Å². The van der Waals surface area contributed by atoms with E-state index < -0.39 is 20.2 Å². The number of hydrogen-bond donors (Lipinski definition) is 0. The van der Waals surface area contributed by atoms with Crippen LogP contribution in [0.2, 0.25) is 0 Å². The van der Waals surface area contributed by atoms with Gasteiger partial charge < -0.3 is 9.11 Å². The predicted octanol–water partition coefficient (Wildman–Crippen LogP) is 2.33. The van der Waals surface area contributed by atoms with Crippen LogP contribution in [0, 0.1) is 0 Å². The van der Waals surface area contributed by atoms with Crippen LogP contribution in [0.1, 0.15) is 0 Å². The van der Waals surface area contributed by atoms with E-state index >= 15 is 0 Å². The fourth-order valence-electron chi connectivity index (χ4n) is 1.25. The molecule has 0 heterocycles. The van der Waals surface area contributed by atoms with Crippen LogP contribution in [-0.4, -0.2) is 74.8 Å². The maximum atomic E-state index is 10.4. The van der Waals surface area contributed by atoms with Gasteiger partial charge in [0.1, 0.15) is 20.2 Å². The Morgan fingerprint density at radius 2 is 1.00 bits per heavy atom. The Bertz CT molecular complexity index is 795. The molecule has 0 aliphatic rings. The van der Waals surface area contributed by atoms with Crippen molar-refractivity contribution in [2.75, 3.05) is 0 Å². The minimum Gasteiger partial charge on any atom is -0.744 e. The van der Waals surface area contributed by atoms with Gasteiger partial charge in [-0.05, 0) is 36.4 Å². The summed E-state index contributed by atoms with van der Waals surface area (Å²) in [6.45, 7) is 0. The van der Waals surface area contributed by atoms with Crippen molar-refractivity contribution in [1.82, 2.24) is 0 Å². The van der Waals surface area contributed by atoms with E-state index in [2.05, 4.69) is 31.9 Å². The zero-order valence-electron chi connectivity index (χ0n) is 11.3. The van der Waals surface area contributed by atoms with Crippen molar-refractivity contribution >= 4 is 101 Å². The van der Waals surface area contributed by atoms with Crippen LogP contribution in [-0.2, 0) is 20.2 Å². The summed E-state index contributed by atoms with van der Waals surface area (Å²) < 4.78 is 63.6. The monoisotopic (exact) mass is 608 g/mol. The van der Waals surface area contributed by atoms with Gasteiger partial charge in [-0.15, -0.1) is 0 Å². The Morgan fingerprint density at radius 3 is 1.17 bits per heavy atom. The van der Waals surface area contributed by atoms with Crippen molar-refractivity contribution in [3.8, 4) is 0 Å². The average molecular weight is 609 g/mol. The van der Waals surface area contributed by atoms with Crippen LogP contribution in [0.3, 0.4) is 0 Å². The molecular formula is C12H8BaBr2O6S2. The molecule has 0 N–H and O–H groups in total. The smallest absolute Gasteiger partial charge is 0.744 e. The molecule has 2 aromatic rings. The van der Waals surface area contributed by atoms with Crippen LogP contribution in [0.5, 0.6) is 0 Å². The second-order valence-corrected chi connectivity index (χ2v) is 8.41. The molecule has 0 spiro atoms. The second-order valence-electron chi connectivity index (χ2n) is 3.82. The van der Waals surface area contributed by atoms with Crippen LogP contribution in [0.15, 0.2) is 67.3 Å². The molecule has 120 valence electrons. The first kappa shape index (κ1) is 23.8. The van der Waals surface area contributed by atoms with E-state index in [0.29, 0.717) is 8.95 Å². The van der Waals surface area contributed by atoms with Gasteiger partial charge in [0.05, 0.1) is 9.79 Å². The zero-order chi connectivity index (χ0) is 17.0. The van der Waals surface area contributed by atoms with Crippen LogP contribution < -0.4 is 0 Å². The summed E-state index contributed by atoms with van der Waals surface area (Å²) in [6.07, 6.45) is 0. The van der Waals surface area contributed by atoms with E-state index in [-0.39, 0.29) is 58.7 Å². The van der Waals surface area contributed by atoms with Crippen molar-refractivity contribution in [3.63, 3.8) is 0 Å². The first-order valence-electron chi connectivity index (χ1n) is 5.43. The van der Waals surface area contributed by atoms with Crippen LogP contribution in [0.25, 0.3) is 0 Å². The molecule has 0 aromatic heterocycles. The third-order valence-electron chi connectivity index (χ3n) is 2.17. The molecule has 2 rings (SSSR count). The summed E-state index contributed by atoms with van der Waals surface area (Å²) in [7, 11) is -8.61. The van der Waals surface area contributed by atoms with Gasteiger partial charge in [-0.3, -0.25) is 0 Å². The fourth-order valence-corrected chi connectivity index (χ4v) is 3.38. The standard InChI is InChI=1S/2C6H5BrO3S.Ba/c2*7-5-2-1-3-6(4-5)11(8,9)10;/h2*1-4H,(H,8,9,10);/q;;+2/p-2. The van der Waals surface area contributed by atoms with Crippen molar-refractivity contribution in [1.29, 1.82) is 0 Å². The molecule has 2 aromatic carbocycles. The third-order valence-corrected chi connectivity index (χ3v) is 4.82. The Hall–Kier alpha value is 0.791. The van der Waals surface area contributed by atoms with Crippen LogP contribution in [0.4, 0.5) is 0 Å². The van der Waals surface area contributed by atoms with Gasteiger partial charge in [0.15, 0.2) is 0 Å². The van der Waals surface area contributed by atoms with Gasteiger partial charge in [-0.1, -0.05) is 44.0 Å². The van der Waals surface area contributed by atoms with E-state index in [0.717, 1.165) is 0 Å². The van der Waals surface area contributed by atoms with E-state index in [4.69, 9.17) is 0 Å². The molecule has 11 heteroatoms. The van der Waals surface area contributed by atoms with Crippen LogP contribution >= 0.6 is 31.9 Å². The number of benzene rings is 2. The maximum absolute atomic E-state index is 10.4. The molecule has 0 fully saturated rings. The molecule has 0 bridgehead atoms. The Labute approximate surface area is 191 Å². The van der Waals surface area contributed by atoms with Gasteiger partial charge in [0.2, 0.25) is 0 Å². The number of hydrogen-bond acceptors (Lipinski definition) is 6. The van der Waals surface area contributed by atoms with E-state index in [9.17, 15) is 25.9 Å². The summed E-state index contributed by atoms with van der Waals surface area (Å²) in [6, 6.07) is 11.3. The molecule has 23 heavy (non-hydrogen) atoms. The summed E-state index contributed by atoms with van der Waals surface area (Å²) in [4.78, 5) is -0.432. The maximum Gasteiger partial charge on any atom is 2.00 e. The van der Waals surface area contributed by atoms with Gasteiger partial charge in [-0.2, -0.15) is 0 Å². The number of halogens is 2. The molecular weight excluding hydrogens is 601 g/mol. The van der Waals surface area contributed by atoms with Gasteiger partial charge >= 0.3 is 48.9 Å². The quantitative estimate of drug-likeness (QED) is 0.382. The first-order valence-corrected chi connectivity index (χ1v) is 9.83. The predicted molar refractivity (Wildman–Crippen MR) is 90.0 cm³/mol. The summed E-state index contributed by atoms with van der Waals surface area (Å²) in [5.74, 6) is 0. The Balaban J connectivity index is 0.000000403. The zero-order valence-corrected chi connectivity index (χ0v) is 20.6. The molecule has 6 nitrogen and oxygen atoms in total. The van der Waals surface area contributed by atoms with E-state index in [1.807, 2.05) is 0 Å². The summed E-state index contributed by atoms with van der Waals surface area (Å²) >= 11 is 6.10. The molecule has 0 saturated carbocycles. The normalized spacial score (nSPS) is 11.0. The van der Waals surface area contributed by atoms with Crippen molar-refractivity contribution in [3.05, 3.63) is 57.5 Å².